The number of fused-ring (bicyclic) bond motifs is 1. The van der Waals surface area contributed by atoms with E-state index in [4.69, 9.17) is 0 Å². The lowest BCUT2D eigenvalue weighted by molar-refractivity contribution is 0.102. The van der Waals surface area contributed by atoms with E-state index in [1.807, 2.05) is 49.0 Å². The molecule has 0 aliphatic heterocycles. The number of anilines is 1. The molecule has 0 bridgehead atoms. The SMILES string of the molecule is Cc1cccnc1NC(=O)c1cn(Cc2ccc(-c3cnn(C)c3)cc2F)c2cccnc12. The molecular formula is C25H21FN6O. The predicted octanol–water partition coefficient (Wildman–Crippen LogP) is 4.58. The van der Waals surface area contributed by atoms with E-state index in [9.17, 15) is 9.18 Å². The summed E-state index contributed by atoms with van der Waals surface area (Å²) < 4.78 is 18.5. The summed E-state index contributed by atoms with van der Waals surface area (Å²) in [7, 11) is 1.82. The molecule has 0 radical (unpaired) electrons. The van der Waals surface area contributed by atoms with Gasteiger partial charge in [0, 0.05) is 43.0 Å². The van der Waals surface area contributed by atoms with Crippen molar-refractivity contribution >= 4 is 22.8 Å². The summed E-state index contributed by atoms with van der Waals surface area (Å²) in [5.74, 6) is -0.139. The molecule has 33 heavy (non-hydrogen) atoms. The minimum Gasteiger partial charge on any atom is -0.341 e. The number of hydrogen-bond acceptors (Lipinski definition) is 4. The van der Waals surface area contributed by atoms with Gasteiger partial charge in [-0.3, -0.25) is 14.5 Å². The van der Waals surface area contributed by atoms with Gasteiger partial charge in [-0.1, -0.05) is 18.2 Å². The molecule has 4 heterocycles. The molecule has 0 spiro atoms. The highest BCUT2D eigenvalue weighted by atomic mass is 19.1. The van der Waals surface area contributed by atoms with Crippen molar-refractivity contribution < 1.29 is 9.18 Å². The minimum absolute atomic E-state index is 0.261. The van der Waals surface area contributed by atoms with Crippen LogP contribution in [0.2, 0.25) is 0 Å². The molecule has 4 aromatic heterocycles. The number of carbonyl (C=O) groups excluding carboxylic acids is 1. The van der Waals surface area contributed by atoms with Crippen molar-refractivity contribution in [3.8, 4) is 11.1 Å². The molecule has 0 atom stereocenters. The molecule has 1 amide bonds. The minimum atomic E-state index is -0.322. The Morgan fingerprint density at radius 3 is 2.64 bits per heavy atom. The van der Waals surface area contributed by atoms with Crippen molar-refractivity contribution in [3.63, 3.8) is 0 Å². The first-order valence-electron chi connectivity index (χ1n) is 10.4. The Hall–Kier alpha value is -4.33. The summed E-state index contributed by atoms with van der Waals surface area (Å²) in [6.45, 7) is 2.14. The summed E-state index contributed by atoms with van der Waals surface area (Å²) in [4.78, 5) is 21.7. The molecule has 164 valence electrons. The van der Waals surface area contributed by atoms with E-state index in [0.29, 0.717) is 22.5 Å². The number of aromatic nitrogens is 5. The van der Waals surface area contributed by atoms with Crippen molar-refractivity contribution in [1.82, 2.24) is 24.3 Å². The van der Waals surface area contributed by atoms with Crippen LogP contribution in [0.5, 0.6) is 0 Å². The number of amides is 1. The van der Waals surface area contributed by atoms with Gasteiger partial charge in [0.05, 0.1) is 23.8 Å². The van der Waals surface area contributed by atoms with Crippen molar-refractivity contribution in [2.24, 2.45) is 7.05 Å². The molecule has 5 aromatic rings. The Balaban J connectivity index is 1.47. The number of nitrogens with one attached hydrogen (secondary N) is 1. The standard InChI is InChI=1S/C25H21FN6O/c1-16-5-3-10-28-24(16)30-25(33)20-15-32(22-6-4-9-27-23(20)22)14-18-8-7-17(11-21(18)26)19-12-29-31(2)13-19/h3-13,15H,14H2,1-2H3,(H,28,30,33). The largest absolute Gasteiger partial charge is 0.341 e. The fraction of sp³-hybridized carbons (Fsp3) is 0.120. The van der Waals surface area contributed by atoms with Gasteiger partial charge in [-0.15, -0.1) is 0 Å². The second kappa shape index (κ2) is 8.31. The van der Waals surface area contributed by atoms with Crippen LogP contribution in [-0.4, -0.2) is 30.2 Å². The Bertz CT molecular complexity index is 1490. The van der Waals surface area contributed by atoms with Gasteiger partial charge >= 0.3 is 0 Å². The van der Waals surface area contributed by atoms with E-state index in [-0.39, 0.29) is 18.3 Å². The molecule has 1 aromatic carbocycles. The van der Waals surface area contributed by atoms with Gasteiger partial charge < -0.3 is 9.88 Å². The maximum Gasteiger partial charge on any atom is 0.260 e. The Kier molecular flexibility index (Phi) is 5.18. The lowest BCUT2D eigenvalue weighted by Gasteiger charge is -2.08. The highest BCUT2D eigenvalue weighted by molar-refractivity contribution is 6.11. The molecule has 7 nitrogen and oxygen atoms in total. The molecule has 5 rings (SSSR count). The first-order chi connectivity index (χ1) is 16.0. The van der Waals surface area contributed by atoms with Crippen molar-refractivity contribution in [1.29, 1.82) is 0 Å². The first-order valence-corrected chi connectivity index (χ1v) is 10.4. The zero-order chi connectivity index (χ0) is 22.9. The van der Waals surface area contributed by atoms with Crippen LogP contribution in [0, 0.1) is 12.7 Å². The summed E-state index contributed by atoms with van der Waals surface area (Å²) in [5.41, 5.74) is 4.68. The van der Waals surface area contributed by atoms with Crippen molar-refractivity contribution in [3.05, 3.63) is 96.0 Å². The van der Waals surface area contributed by atoms with Crippen LogP contribution in [0.15, 0.2) is 73.4 Å². The molecule has 0 saturated carbocycles. The third kappa shape index (κ3) is 3.98. The highest BCUT2D eigenvalue weighted by Gasteiger charge is 2.18. The van der Waals surface area contributed by atoms with E-state index >= 15 is 0 Å². The number of rotatable bonds is 5. The second-order valence-corrected chi connectivity index (χ2v) is 7.87. The van der Waals surface area contributed by atoms with Gasteiger partial charge in [0.15, 0.2) is 0 Å². The highest BCUT2D eigenvalue weighted by Crippen LogP contribution is 2.25. The Morgan fingerprint density at radius 2 is 1.88 bits per heavy atom. The number of carbonyl (C=O) groups is 1. The van der Waals surface area contributed by atoms with E-state index in [1.165, 1.54) is 6.07 Å². The number of nitrogens with zero attached hydrogens (tertiary/aromatic N) is 5. The number of aryl methyl sites for hydroxylation is 2. The average molecular weight is 440 g/mol. The monoisotopic (exact) mass is 440 g/mol. The maximum atomic E-state index is 15.0. The fourth-order valence-corrected chi connectivity index (χ4v) is 3.82. The van der Waals surface area contributed by atoms with Gasteiger partial charge in [0.2, 0.25) is 0 Å². The van der Waals surface area contributed by atoms with Crippen LogP contribution in [0.4, 0.5) is 10.2 Å². The lowest BCUT2D eigenvalue weighted by Crippen LogP contribution is -2.13. The number of benzene rings is 1. The van der Waals surface area contributed by atoms with Crippen LogP contribution in [0.3, 0.4) is 0 Å². The van der Waals surface area contributed by atoms with Crippen LogP contribution in [0.1, 0.15) is 21.5 Å². The van der Waals surface area contributed by atoms with Crippen LogP contribution in [-0.2, 0) is 13.6 Å². The zero-order valence-corrected chi connectivity index (χ0v) is 18.2. The third-order valence-corrected chi connectivity index (χ3v) is 5.55. The smallest absolute Gasteiger partial charge is 0.260 e. The molecule has 0 fully saturated rings. The molecule has 0 unspecified atom stereocenters. The van der Waals surface area contributed by atoms with E-state index in [0.717, 1.165) is 22.2 Å². The summed E-state index contributed by atoms with van der Waals surface area (Å²) in [6.07, 6.45) is 8.52. The quantitative estimate of drug-likeness (QED) is 0.434. The van der Waals surface area contributed by atoms with Gasteiger partial charge in [-0.05, 0) is 42.3 Å². The summed E-state index contributed by atoms with van der Waals surface area (Å²) in [5, 5.41) is 6.99. The normalized spacial score (nSPS) is 11.1. The molecule has 1 N–H and O–H groups in total. The molecule has 0 aliphatic rings. The van der Waals surface area contributed by atoms with Crippen molar-refractivity contribution in [2.75, 3.05) is 5.32 Å². The van der Waals surface area contributed by atoms with E-state index < -0.39 is 0 Å². The summed E-state index contributed by atoms with van der Waals surface area (Å²) in [6, 6.07) is 12.5. The van der Waals surface area contributed by atoms with Crippen LogP contribution >= 0.6 is 0 Å². The molecular weight excluding hydrogens is 419 g/mol. The number of halogens is 1. The van der Waals surface area contributed by atoms with Crippen LogP contribution < -0.4 is 5.32 Å². The lowest BCUT2D eigenvalue weighted by atomic mass is 10.1. The number of pyridine rings is 2. The van der Waals surface area contributed by atoms with Gasteiger partial charge in [-0.2, -0.15) is 5.10 Å². The van der Waals surface area contributed by atoms with Gasteiger partial charge in [0.1, 0.15) is 17.2 Å². The summed E-state index contributed by atoms with van der Waals surface area (Å²) >= 11 is 0. The van der Waals surface area contributed by atoms with Crippen molar-refractivity contribution in [2.45, 2.75) is 13.5 Å². The topological polar surface area (TPSA) is 77.6 Å². The molecule has 0 saturated heterocycles. The molecule has 8 heteroatoms. The Morgan fingerprint density at radius 1 is 1.06 bits per heavy atom. The maximum absolute atomic E-state index is 15.0. The predicted molar refractivity (Wildman–Crippen MR) is 124 cm³/mol. The molecule has 0 aliphatic carbocycles. The zero-order valence-electron chi connectivity index (χ0n) is 18.2. The third-order valence-electron chi connectivity index (χ3n) is 5.55. The first kappa shape index (κ1) is 20.6. The van der Waals surface area contributed by atoms with Gasteiger partial charge in [0.25, 0.3) is 5.91 Å². The van der Waals surface area contributed by atoms with E-state index in [1.54, 1.807) is 41.6 Å². The van der Waals surface area contributed by atoms with E-state index in [2.05, 4.69) is 20.4 Å². The average Bonchev–Trinajstić information content (AvgIpc) is 3.41. The van der Waals surface area contributed by atoms with Crippen LogP contribution in [0.25, 0.3) is 22.2 Å². The van der Waals surface area contributed by atoms with Gasteiger partial charge in [-0.25, -0.2) is 9.37 Å². The Labute approximate surface area is 189 Å². The fourth-order valence-electron chi connectivity index (χ4n) is 3.82. The number of hydrogen-bond donors (Lipinski definition) is 1. The second-order valence-electron chi connectivity index (χ2n) is 7.87.